The maximum absolute atomic E-state index is 12.5. The Balaban J connectivity index is 1.41. The van der Waals surface area contributed by atoms with Crippen LogP contribution in [0.15, 0.2) is 24.3 Å². The second kappa shape index (κ2) is 9.18. The van der Waals surface area contributed by atoms with Crippen molar-refractivity contribution in [3.8, 4) is 0 Å². The van der Waals surface area contributed by atoms with Crippen molar-refractivity contribution in [3.63, 3.8) is 0 Å². The number of benzene rings is 1. The van der Waals surface area contributed by atoms with Gasteiger partial charge < -0.3 is 20.1 Å². The van der Waals surface area contributed by atoms with Crippen LogP contribution in [0.2, 0.25) is 0 Å². The molecule has 27 heavy (non-hydrogen) atoms. The molecule has 1 unspecified atom stereocenters. The predicted octanol–water partition coefficient (Wildman–Crippen LogP) is 2.76. The Bertz CT molecular complexity index is 595. The van der Waals surface area contributed by atoms with Gasteiger partial charge in [0.05, 0.1) is 11.7 Å². The fourth-order valence-electron chi connectivity index (χ4n) is 3.88. The number of nitrogens with one attached hydrogen (secondary N) is 1. The van der Waals surface area contributed by atoms with Crippen molar-refractivity contribution in [3.05, 3.63) is 35.4 Å². The van der Waals surface area contributed by atoms with E-state index in [9.17, 15) is 9.90 Å². The van der Waals surface area contributed by atoms with Gasteiger partial charge in [0.1, 0.15) is 0 Å². The van der Waals surface area contributed by atoms with E-state index in [4.69, 9.17) is 4.74 Å². The molecule has 0 radical (unpaired) electrons. The van der Waals surface area contributed by atoms with Crippen LogP contribution in [0.1, 0.15) is 61.9 Å². The standard InChI is InChI=1S/C22H34N2O3/c1-22(2,26)12-9-17-5-7-18(8-6-17)21(25)23-19-10-13-24(14-11-19)16-20-4-3-15-27-20/h5-8,19-20,26H,3-4,9-16H2,1-2H3,(H,23,25). The molecule has 0 saturated carbocycles. The van der Waals surface area contributed by atoms with Crippen LogP contribution in [0, 0.1) is 0 Å². The van der Waals surface area contributed by atoms with E-state index in [1.54, 1.807) is 0 Å². The highest BCUT2D eigenvalue weighted by Crippen LogP contribution is 2.18. The van der Waals surface area contributed by atoms with Gasteiger partial charge in [-0.15, -0.1) is 0 Å². The number of piperidine rings is 1. The smallest absolute Gasteiger partial charge is 0.251 e. The summed E-state index contributed by atoms with van der Waals surface area (Å²) in [5.74, 6) is 0.0154. The molecule has 2 N–H and O–H groups in total. The number of rotatable bonds is 7. The summed E-state index contributed by atoms with van der Waals surface area (Å²) >= 11 is 0. The molecule has 1 amide bonds. The van der Waals surface area contributed by atoms with Gasteiger partial charge in [-0.05, 0) is 70.1 Å². The first-order chi connectivity index (χ1) is 12.9. The molecule has 1 aromatic rings. The van der Waals surface area contributed by atoms with Gasteiger partial charge >= 0.3 is 0 Å². The minimum Gasteiger partial charge on any atom is -0.390 e. The van der Waals surface area contributed by atoms with Gasteiger partial charge in [0.25, 0.3) is 5.91 Å². The van der Waals surface area contributed by atoms with Crippen molar-refractivity contribution in [1.82, 2.24) is 10.2 Å². The van der Waals surface area contributed by atoms with Crippen LogP contribution >= 0.6 is 0 Å². The highest BCUT2D eigenvalue weighted by Gasteiger charge is 2.24. The number of aryl methyl sites for hydroxylation is 1. The molecule has 1 aromatic carbocycles. The Morgan fingerprint density at radius 3 is 2.52 bits per heavy atom. The summed E-state index contributed by atoms with van der Waals surface area (Å²) < 4.78 is 5.73. The molecule has 1 atom stereocenters. The number of aliphatic hydroxyl groups is 1. The van der Waals surface area contributed by atoms with Crippen LogP contribution in [0.3, 0.4) is 0 Å². The molecule has 0 bridgehead atoms. The second-order valence-electron chi connectivity index (χ2n) is 8.69. The molecule has 2 aliphatic rings. The first kappa shape index (κ1) is 20.3. The first-order valence-electron chi connectivity index (χ1n) is 10.4. The van der Waals surface area contributed by atoms with Gasteiger partial charge in [0, 0.05) is 37.8 Å². The quantitative estimate of drug-likeness (QED) is 0.770. The van der Waals surface area contributed by atoms with Crippen LogP contribution in [0.5, 0.6) is 0 Å². The van der Waals surface area contributed by atoms with E-state index >= 15 is 0 Å². The molecule has 3 rings (SSSR count). The van der Waals surface area contributed by atoms with E-state index in [-0.39, 0.29) is 11.9 Å². The average Bonchev–Trinajstić information content (AvgIpc) is 3.14. The van der Waals surface area contributed by atoms with Gasteiger partial charge in [-0.3, -0.25) is 4.79 Å². The van der Waals surface area contributed by atoms with Crippen LogP contribution in [-0.2, 0) is 11.2 Å². The Morgan fingerprint density at radius 2 is 1.93 bits per heavy atom. The monoisotopic (exact) mass is 374 g/mol. The maximum Gasteiger partial charge on any atom is 0.251 e. The number of hydrogen-bond acceptors (Lipinski definition) is 4. The molecule has 2 fully saturated rings. The maximum atomic E-state index is 12.5. The fourth-order valence-corrected chi connectivity index (χ4v) is 3.88. The van der Waals surface area contributed by atoms with Gasteiger partial charge in [-0.25, -0.2) is 0 Å². The Hall–Kier alpha value is -1.43. The van der Waals surface area contributed by atoms with E-state index < -0.39 is 5.60 Å². The average molecular weight is 375 g/mol. The molecular weight excluding hydrogens is 340 g/mol. The molecular formula is C22H34N2O3. The van der Waals surface area contributed by atoms with Crippen molar-refractivity contribution >= 4 is 5.91 Å². The normalized spacial score (nSPS) is 22.1. The number of nitrogens with zero attached hydrogens (tertiary/aromatic N) is 1. The van der Waals surface area contributed by atoms with Gasteiger partial charge in [-0.2, -0.15) is 0 Å². The molecule has 2 saturated heterocycles. The summed E-state index contributed by atoms with van der Waals surface area (Å²) in [6.07, 6.45) is 6.31. The summed E-state index contributed by atoms with van der Waals surface area (Å²) in [6, 6.07) is 8.02. The lowest BCUT2D eigenvalue weighted by molar-refractivity contribution is 0.0613. The number of likely N-dealkylation sites (tertiary alicyclic amines) is 1. The number of carbonyl (C=O) groups excluding carboxylic acids is 1. The van der Waals surface area contributed by atoms with E-state index in [1.807, 2.05) is 38.1 Å². The lowest BCUT2D eigenvalue weighted by atomic mass is 9.98. The van der Waals surface area contributed by atoms with E-state index in [0.717, 1.165) is 51.1 Å². The topological polar surface area (TPSA) is 61.8 Å². The Morgan fingerprint density at radius 1 is 1.22 bits per heavy atom. The molecule has 0 aliphatic carbocycles. The highest BCUT2D eigenvalue weighted by molar-refractivity contribution is 5.94. The van der Waals surface area contributed by atoms with Crippen LogP contribution in [-0.4, -0.2) is 59.9 Å². The number of ether oxygens (including phenoxy) is 1. The molecule has 0 aromatic heterocycles. The summed E-state index contributed by atoms with van der Waals surface area (Å²) in [7, 11) is 0. The van der Waals surface area contributed by atoms with E-state index in [2.05, 4.69) is 10.2 Å². The third-order valence-electron chi connectivity index (χ3n) is 5.65. The van der Waals surface area contributed by atoms with E-state index in [0.29, 0.717) is 18.1 Å². The largest absolute Gasteiger partial charge is 0.390 e. The second-order valence-corrected chi connectivity index (χ2v) is 8.69. The van der Waals surface area contributed by atoms with Gasteiger partial charge in [-0.1, -0.05) is 12.1 Å². The number of amides is 1. The summed E-state index contributed by atoms with van der Waals surface area (Å²) in [5, 5.41) is 13.0. The predicted molar refractivity (Wildman–Crippen MR) is 107 cm³/mol. The van der Waals surface area contributed by atoms with Crippen molar-refractivity contribution in [2.45, 2.75) is 70.1 Å². The summed E-state index contributed by atoms with van der Waals surface area (Å²) in [4.78, 5) is 15.0. The zero-order chi connectivity index (χ0) is 19.3. The third kappa shape index (κ3) is 6.59. The summed E-state index contributed by atoms with van der Waals surface area (Å²) in [6.45, 7) is 7.64. The zero-order valence-corrected chi connectivity index (χ0v) is 16.7. The fraction of sp³-hybridized carbons (Fsp3) is 0.682. The first-order valence-corrected chi connectivity index (χ1v) is 10.4. The van der Waals surface area contributed by atoms with Crippen molar-refractivity contribution < 1.29 is 14.6 Å². The van der Waals surface area contributed by atoms with Crippen molar-refractivity contribution in [2.75, 3.05) is 26.2 Å². The van der Waals surface area contributed by atoms with Crippen LogP contribution in [0.4, 0.5) is 0 Å². The third-order valence-corrected chi connectivity index (χ3v) is 5.65. The van der Waals surface area contributed by atoms with Crippen molar-refractivity contribution in [2.24, 2.45) is 0 Å². The number of hydrogen-bond donors (Lipinski definition) is 2. The zero-order valence-electron chi connectivity index (χ0n) is 16.7. The lowest BCUT2D eigenvalue weighted by Gasteiger charge is -2.33. The number of carbonyl (C=O) groups is 1. The molecule has 150 valence electrons. The van der Waals surface area contributed by atoms with Gasteiger partial charge in [0.2, 0.25) is 0 Å². The SMILES string of the molecule is CC(C)(O)CCc1ccc(C(=O)NC2CCN(CC3CCCO3)CC2)cc1. The Labute approximate surface area is 163 Å². The molecule has 5 heteroatoms. The van der Waals surface area contributed by atoms with Gasteiger partial charge in [0.15, 0.2) is 0 Å². The van der Waals surface area contributed by atoms with Crippen LogP contribution in [0.25, 0.3) is 0 Å². The lowest BCUT2D eigenvalue weighted by Crippen LogP contribution is -2.46. The molecule has 2 aliphatic heterocycles. The molecule has 5 nitrogen and oxygen atoms in total. The van der Waals surface area contributed by atoms with Crippen LogP contribution < -0.4 is 5.32 Å². The molecule has 0 spiro atoms. The highest BCUT2D eigenvalue weighted by atomic mass is 16.5. The van der Waals surface area contributed by atoms with E-state index in [1.165, 1.54) is 12.8 Å². The summed E-state index contributed by atoms with van der Waals surface area (Å²) in [5.41, 5.74) is 1.20. The minimum absolute atomic E-state index is 0.0154. The molecule has 2 heterocycles. The van der Waals surface area contributed by atoms with Crippen molar-refractivity contribution in [1.29, 1.82) is 0 Å². The minimum atomic E-state index is -0.658. The Kier molecular flexibility index (Phi) is 6.90.